The maximum absolute atomic E-state index is 11.5. The van der Waals surface area contributed by atoms with Gasteiger partial charge >= 0.3 is 5.97 Å². The Morgan fingerprint density at radius 2 is 1.86 bits per heavy atom. The first-order valence-corrected chi connectivity index (χ1v) is 12.1. The lowest BCUT2D eigenvalue weighted by Crippen LogP contribution is -2.58. The van der Waals surface area contributed by atoms with E-state index in [4.69, 9.17) is 9.84 Å². The van der Waals surface area contributed by atoms with E-state index < -0.39 is 5.97 Å². The number of aliphatic hydroxyl groups excluding tert-OH is 1. The van der Waals surface area contributed by atoms with Crippen LogP contribution < -0.4 is 0 Å². The molecule has 0 radical (unpaired) electrons. The minimum atomic E-state index is -0.696. The van der Waals surface area contributed by atoms with E-state index in [1.807, 2.05) is 7.11 Å². The van der Waals surface area contributed by atoms with Gasteiger partial charge in [0.05, 0.1) is 12.2 Å². The molecule has 4 aliphatic rings. The molecule has 0 aromatic rings. The molecule has 0 aromatic carbocycles. The van der Waals surface area contributed by atoms with Crippen molar-refractivity contribution in [3.05, 3.63) is 0 Å². The first kappa shape index (κ1) is 21.6. The summed E-state index contributed by atoms with van der Waals surface area (Å²) in [5.74, 6) is 2.85. The summed E-state index contributed by atoms with van der Waals surface area (Å²) >= 11 is 0. The lowest BCUT2D eigenvalue weighted by Gasteiger charge is -2.62. The molecule has 0 saturated heterocycles. The van der Waals surface area contributed by atoms with Crippen molar-refractivity contribution in [2.75, 3.05) is 7.11 Å². The molecule has 10 atom stereocenters. The summed E-state index contributed by atoms with van der Waals surface area (Å²) in [6.45, 7) is 7.10. The maximum Gasteiger partial charge on any atom is 0.303 e. The van der Waals surface area contributed by atoms with Crippen molar-refractivity contribution in [3.63, 3.8) is 0 Å². The van der Waals surface area contributed by atoms with Gasteiger partial charge in [0.25, 0.3) is 0 Å². The molecular formula is C25H42O4. The zero-order chi connectivity index (χ0) is 21.0. The van der Waals surface area contributed by atoms with Crippen LogP contribution in [0.25, 0.3) is 0 Å². The van der Waals surface area contributed by atoms with E-state index in [1.165, 1.54) is 38.5 Å². The van der Waals surface area contributed by atoms with Gasteiger partial charge in [-0.25, -0.2) is 0 Å². The Labute approximate surface area is 176 Å². The summed E-state index contributed by atoms with van der Waals surface area (Å²) in [7, 11) is 1.86. The van der Waals surface area contributed by atoms with E-state index in [9.17, 15) is 9.90 Å². The molecule has 2 N–H and O–H groups in total. The van der Waals surface area contributed by atoms with Crippen molar-refractivity contribution in [1.82, 2.24) is 0 Å². The third-order valence-electron chi connectivity index (χ3n) is 10.6. The fourth-order valence-corrected chi connectivity index (χ4v) is 8.91. The molecule has 29 heavy (non-hydrogen) atoms. The van der Waals surface area contributed by atoms with Crippen molar-refractivity contribution >= 4 is 5.97 Å². The lowest BCUT2D eigenvalue weighted by molar-refractivity contribution is -0.176. The summed E-state index contributed by atoms with van der Waals surface area (Å²) in [6, 6.07) is 0. The quantitative estimate of drug-likeness (QED) is 0.664. The van der Waals surface area contributed by atoms with Crippen molar-refractivity contribution < 1.29 is 19.7 Å². The van der Waals surface area contributed by atoms with E-state index >= 15 is 0 Å². The van der Waals surface area contributed by atoms with Gasteiger partial charge in [0.15, 0.2) is 0 Å². The second kappa shape index (κ2) is 7.82. The van der Waals surface area contributed by atoms with Crippen LogP contribution in [0.5, 0.6) is 0 Å². The highest BCUT2D eigenvalue weighted by Crippen LogP contribution is 2.68. The topological polar surface area (TPSA) is 66.8 Å². The van der Waals surface area contributed by atoms with E-state index in [-0.39, 0.29) is 17.9 Å². The van der Waals surface area contributed by atoms with Gasteiger partial charge < -0.3 is 14.9 Å². The average molecular weight is 407 g/mol. The van der Waals surface area contributed by atoms with Crippen molar-refractivity contribution in [2.24, 2.45) is 46.3 Å². The second-order valence-electron chi connectivity index (χ2n) is 11.5. The van der Waals surface area contributed by atoms with Crippen LogP contribution in [-0.4, -0.2) is 35.5 Å². The third kappa shape index (κ3) is 3.37. The zero-order valence-corrected chi connectivity index (χ0v) is 18.9. The number of methoxy groups -OCH3 is 1. The number of ether oxygens (including phenoxy) is 1. The SMILES string of the molecule is CO[C@@H]1CC[C@@]2(C)[C@H](CC[C@@H]3[C@@H]2C[C@H](O)[C@]2(C)[C@@H]([C@H](C)CCC(=O)O)CC[C@@H]32)C1. The van der Waals surface area contributed by atoms with Gasteiger partial charge in [-0.05, 0) is 104 Å². The first-order chi connectivity index (χ1) is 13.7. The Morgan fingerprint density at radius 3 is 2.55 bits per heavy atom. The molecule has 4 saturated carbocycles. The Bertz CT molecular complexity index is 620. The van der Waals surface area contributed by atoms with Gasteiger partial charge in [-0.15, -0.1) is 0 Å². The number of rotatable bonds is 5. The van der Waals surface area contributed by atoms with E-state index in [1.54, 1.807) is 0 Å². The van der Waals surface area contributed by atoms with Crippen LogP contribution in [0.3, 0.4) is 0 Å². The molecule has 4 aliphatic carbocycles. The van der Waals surface area contributed by atoms with Crippen molar-refractivity contribution in [1.29, 1.82) is 0 Å². The highest BCUT2D eigenvalue weighted by atomic mass is 16.5. The van der Waals surface area contributed by atoms with Crippen LogP contribution in [-0.2, 0) is 9.53 Å². The highest BCUT2D eigenvalue weighted by molar-refractivity contribution is 5.66. The van der Waals surface area contributed by atoms with Gasteiger partial charge in [-0.3, -0.25) is 4.79 Å². The van der Waals surface area contributed by atoms with Gasteiger partial charge in [0, 0.05) is 13.5 Å². The van der Waals surface area contributed by atoms with E-state index in [0.717, 1.165) is 31.1 Å². The van der Waals surface area contributed by atoms with Gasteiger partial charge in [0.1, 0.15) is 0 Å². The standard InChI is InChI=1S/C25H42O4/c1-15(5-10-23(27)28)19-8-9-20-18-7-6-16-13-17(29-4)11-12-24(16,2)21(18)14-22(26)25(19,20)3/h15-22,26H,5-14H2,1-4H3,(H,27,28)/t15-,16-,17-,18+,19-,20+,21+,22+,24+,25-/m1/s1. The molecule has 4 rings (SSSR count). The molecule has 0 bridgehead atoms. The van der Waals surface area contributed by atoms with Crippen LogP contribution >= 0.6 is 0 Å². The molecule has 0 unspecified atom stereocenters. The third-order valence-corrected chi connectivity index (χ3v) is 10.6. The zero-order valence-electron chi connectivity index (χ0n) is 18.9. The lowest BCUT2D eigenvalue weighted by atomic mass is 9.43. The van der Waals surface area contributed by atoms with E-state index in [2.05, 4.69) is 20.8 Å². The van der Waals surface area contributed by atoms with Crippen molar-refractivity contribution in [2.45, 2.75) is 97.2 Å². The predicted molar refractivity (Wildman–Crippen MR) is 113 cm³/mol. The average Bonchev–Trinajstić information content (AvgIpc) is 3.05. The summed E-state index contributed by atoms with van der Waals surface area (Å²) in [5, 5.41) is 20.7. The number of carbonyl (C=O) groups is 1. The molecule has 166 valence electrons. The van der Waals surface area contributed by atoms with Crippen LogP contribution in [0.2, 0.25) is 0 Å². The molecule has 4 fully saturated rings. The summed E-state index contributed by atoms with van der Waals surface area (Å²) in [4.78, 5) is 11.1. The van der Waals surface area contributed by atoms with Crippen molar-refractivity contribution in [3.8, 4) is 0 Å². The largest absolute Gasteiger partial charge is 0.481 e. The maximum atomic E-state index is 11.5. The molecule has 4 heteroatoms. The van der Waals surface area contributed by atoms with Crippen LogP contribution in [0.1, 0.15) is 85.0 Å². The number of carboxylic acid groups (broad SMARTS) is 1. The molecule has 4 nitrogen and oxygen atoms in total. The Kier molecular flexibility index (Phi) is 5.83. The summed E-state index contributed by atoms with van der Waals surface area (Å²) in [6.07, 6.45) is 10.7. The minimum absolute atomic E-state index is 0.0357. The highest BCUT2D eigenvalue weighted by Gasteiger charge is 2.63. The minimum Gasteiger partial charge on any atom is -0.481 e. The van der Waals surface area contributed by atoms with Gasteiger partial charge in [-0.1, -0.05) is 20.8 Å². The van der Waals surface area contributed by atoms with Crippen LogP contribution in [0.4, 0.5) is 0 Å². The Morgan fingerprint density at radius 1 is 1.10 bits per heavy atom. The van der Waals surface area contributed by atoms with Gasteiger partial charge in [0.2, 0.25) is 0 Å². The van der Waals surface area contributed by atoms with E-state index in [0.29, 0.717) is 35.2 Å². The monoisotopic (exact) mass is 406 g/mol. The number of aliphatic carboxylic acids is 1. The first-order valence-electron chi connectivity index (χ1n) is 12.1. The molecule has 0 heterocycles. The van der Waals surface area contributed by atoms with Crippen LogP contribution in [0.15, 0.2) is 0 Å². The summed E-state index contributed by atoms with van der Waals surface area (Å²) in [5.41, 5.74) is 0.319. The molecular weight excluding hydrogens is 364 g/mol. The fourth-order valence-electron chi connectivity index (χ4n) is 8.91. The number of hydrogen-bond donors (Lipinski definition) is 2. The number of aliphatic hydroxyl groups is 1. The number of carboxylic acids is 1. The second-order valence-corrected chi connectivity index (χ2v) is 11.5. The predicted octanol–water partition coefficient (Wildman–Crippen LogP) is 5.13. The Hall–Kier alpha value is -0.610. The summed E-state index contributed by atoms with van der Waals surface area (Å²) < 4.78 is 5.72. The Balaban J connectivity index is 1.55. The number of hydrogen-bond acceptors (Lipinski definition) is 3. The fraction of sp³-hybridized carbons (Fsp3) is 0.960. The molecule has 0 amide bonds. The molecule has 0 aliphatic heterocycles. The number of fused-ring (bicyclic) bond motifs is 5. The van der Waals surface area contributed by atoms with Crippen LogP contribution in [0, 0.1) is 46.3 Å². The normalized spacial score (nSPS) is 50.3. The van der Waals surface area contributed by atoms with Gasteiger partial charge in [-0.2, -0.15) is 0 Å². The smallest absolute Gasteiger partial charge is 0.303 e. The molecule has 0 spiro atoms. The molecule has 0 aromatic heterocycles.